The lowest BCUT2D eigenvalue weighted by atomic mass is 10.0. The summed E-state index contributed by atoms with van der Waals surface area (Å²) in [4.78, 5) is 25.7. The average molecular weight is 357 g/mol. The van der Waals surface area contributed by atoms with Crippen LogP contribution in [0.4, 0.5) is 5.69 Å². The molecule has 0 heterocycles. The van der Waals surface area contributed by atoms with Crippen molar-refractivity contribution in [2.45, 2.75) is 37.8 Å². The molecule has 0 N–H and O–H groups in total. The van der Waals surface area contributed by atoms with E-state index in [9.17, 15) is 14.9 Å². The molecule has 2 aliphatic rings. The van der Waals surface area contributed by atoms with Crippen LogP contribution in [0, 0.1) is 10.1 Å². The Morgan fingerprint density at radius 1 is 1.16 bits per heavy atom. The predicted molar refractivity (Wildman–Crippen MR) is 94.8 cm³/mol. The summed E-state index contributed by atoms with van der Waals surface area (Å²) < 4.78 is 0. The molecule has 2 aliphatic carbocycles. The number of rotatable bonds is 4. The molecule has 0 bridgehead atoms. The quantitative estimate of drug-likeness (QED) is 0.596. The van der Waals surface area contributed by atoms with Crippen molar-refractivity contribution in [2.75, 3.05) is 0 Å². The summed E-state index contributed by atoms with van der Waals surface area (Å²) in [6, 6.07) is 12.8. The van der Waals surface area contributed by atoms with Crippen LogP contribution in [-0.2, 0) is 6.42 Å². The molecule has 4 rings (SSSR count). The predicted octanol–water partition coefficient (Wildman–Crippen LogP) is 4.54. The summed E-state index contributed by atoms with van der Waals surface area (Å²) in [6.07, 6.45) is 3.83. The molecule has 0 aromatic heterocycles. The van der Waals surface area contributed by atoms with Gasteiger partial charge in [-0.05, 0) is 48.9 Å². The standard InChI is InChI=1S/C19H17ClN2O3/c20-16-9-5-13(11-18(16)22(24)25)19(23)21(14-7-8-14)17-10-6-12-3-1-2-4-15(12)17/h1-5,9,11,14,17H,6-8,10H2. The molecule has 1 unspecified atom stereocenters. The first-order valence-electron chi connectivity index (χ1n) is 8.40. The fraction of sp³-hybridized carbons (Fsp3) is 0.316. The van der Waals surface area contributed by atoms with Gasteiger partial charge in [-0.15, -0.1) is 0 Å². The highest BCUT2D eigenvalue weighted by Crippen LogP contribution is 2.42. The number of fused-ring (bicyclic) bond motifs is 1. The van der Waals surface area contributed by atoms with Crippen LogP contribution in [0.2, 0.25) is 5.02 Å². The van der Waals surface area contributed by atoms with Gasteiger partial charge < -0.3 is 4.90 Å². The van der Waals surface area contributed by atoms with Crippen molar-refractivity contribution < 1.29 is 9.72 Å². The van der Waals surface area contributed by atoms with Crippen LogP contribution < -0.4 is 0 Å². The number of carbonyl (C=O) groups excluding carboxylic acids is 1. The number of hydrogen-bond donors (Lipinski definition) is 0. The first-order valence-corrected chi connectivity index (χ1v) is 8.78. The van der Waals surface area contributed by atoms with Gasteiger partial charge in [-0.25, -0.2) is 0 Å². The third kappa shape index (κ3) is 2.89. The Labute approximate surface area is 150 Å². The molecule has 2 aromatic carbocycles. The first-order chi connectivity index (χ1) is 12.1. The van der Waals surface area contributed by atoms with Crippen LogP contribution in [-0.4, -0.2) is 21.8 Å². The second-order valence-corrected chi connectivity index (χ2v) is 7.03. The Morgan fingerprint density at radius 3 is 2.64 bits per heavy atom. The molecular weight excluding hydrogens is 340 g/mol. The molecular formula is C19H17ClN2O3. The summed E-state index contributed by atoms with van der Waals surface area (Å²) in [5.41, 5.74) is 2.58. The fourth-order valence-corrected chi connectivity index (χ4v) is 3.86. The Morgan fingerprint density at radius 2 is 1.92 bits per heavy atom. The van der Waals surface area contributed by atoms with E-state index in [1.54, 1.807) is 6.07 Å². The molecule has 0 radical (unpaired) electrons. The summed E-state index contributed by atoms with van der Waals surface area (Å²) in [6.45, 7) is 0. The van der Waals surface area contributed by atoms with Gasteiger partial charge in [0, 0.05) is 17.7 Å². The van der Waals surface area contributed by atoms with Gasteiger partial charge in [0.15, 0.2) is 0 Å². The van der Waals surface area contributed by atoms with E-state index in [1.165, 1.54) is 23.3 Å². The van der Waals surface area contributed by atoms with Crippen LogP contribution in [0.1, 0.15) is 46.8 Å². The highest BCUT2D eigenvalue weighted by atomic mass is 35.5. The van der Waals surface area contributed by atoms with Crippen LogP contribution >= 0.6 is 11.6 Å². The van der Waals surface area contributed by atoms with E-state index in [0.29, 0.717) is 5.56 Å². The minimum absolute atomic E-state index is 0.0470. The van der Waals surface area contributed by atoms with Gasteiger partial charge in [-0.2, -0.15) is 0 Å². The number of benzene rings is 2. The summed E-state index contributed by atoms with van der Waals surface area (Å²) >= 11 is 5.88. The first kappa shape index (κ1) is 16.1. The van der Waals surface area contributed by atoms with Crippen LogP contribution in [0.3, 0.4) is 0 Å². The molecule has 0 saturated heterocycles. The number of carbonyl (C=O) groups is 1. The molecule has 128 valence electrons. The molecule has 5 nitrogen and oxygen atoms in total. The number of nitrogens with zero attached hydrogens (tertiary/aromatic N) is 2. The number of halogens is 1. The maximum absolute atomic E-state index is 13.2. The molecule has 1 saturated carbocycles. The largest absolute Gasteiger partial charge is 0.329 e. The Kier molecular flexibility index (Phi) is 3.96. The zero-order chi connectivity index (χ0) is 17.6. The number of amides is 1. The minimum Gasteiger partial charge on any atom is -0.329 e. The van der Waals surface area contributed by atoms with Gasteiger partial charge in [0.05, 0.1) is 11.0 Å². The van der Waals surface area contributed by atoms with E-state index in [-0.39, 0.29) is 28.7 Å². The molecule has 1 fully saturated rings. The lowest BCUT2D eigenvalue weighted by Crippen LogP contribution is -2.36. The van der Waals surface area contributed by atoms with E-state index < -0.39 is 4.92 Å². The smallest absolute Gasteiger partial charge is 0.288 e. The monoisotopic (exact) mass is 356 g/mol. The number of nitro groups is 1. The Bertz CT molecular complexity index is 863. The molecule has 1 amide bonds. The normalized spacial score (nSPS) is 18.7. The van der Waals surface area contributed by atoms with Crippen molar-refractivity contribution in [3.63, 3.8) is 0 Å². The van der Waals surface area contributed by atoms with E-state index in [0.717, 1.165) is 25.7 Å². The SMILES string of the molecule is O=C(c1ccc(Cl)c([N+](=O)[O-])c1)N(C1CC1)C1CCc2ccccc21. The van der Waals surface area contributed by atoms with E-state index in [1.807, 2.05) is 17.0 Å². The third-order valence-electron chi connectivity index (χ3n) is 5.00. The highest BCUT2D eigenvalue weighted by molar-refractivity contribution is 6.32. The molecule has 1 atom stereocenters. The number of hydrogen-bond acceptors (Lipinski definition) is 3. The van der Waals surface area contributed by atoms with Crippen LogP contribution in [0.25, 0.3) is 0 Å². The van der Waals surface area contributed by atoms with E-state index >= 15 is 0 Å². The van der Waals surface area contributed by atoms with Crippen molar-refractivity contribution in [1.82, 2.24) is 4.90 Å². The van der Waals surface area contributed by atoms with Crippen molar-refractivity contribution in [3.8, 4) is 0 Å². The van der Waals surface area contributed by atoms with Gasteiger partial charge in [-0.3, -0.25) is 14.9 Å². The topological polar surface area (TPSA) is 63.4 Å². The zero-order valence-electron chi connectivity index (χ0n) is 13.5. The van der Waals surface area contributed by atoms with Crippen LogP contribution in [0.5, 0.6) is 0 Å². The maximum atomic E-state index is 13.2. The lowest BCUT2D eigenvalue weighted by Gasteiger charge is -2.30. The molecule has 25 heavy (non-hydrogen) atoms. The van der Waals surface area contributed by atoms with E-state index in [4.69, 9.17) is 11.6 Å². The molecule has 0 spiro atoms. The third-order valence-corrected chi connectivity index (χ3v) is 5.32. The summed E-state index contributed by atoms with van der Waals surface area (Å²) in [5.74, 6) is -0.149. The van der Waals surface area contributed by atoms with Crippen molar-refractivity contribution >= 4 is 23.2 Å². The van der Waals surface area contributed by atoms with Crippen molar-refractivity contribution in [3.05, 3.63) is 74.3 Å². The summed E-state index contributed by atoms with van der Waals surface area (Å²) in [5, 5.41) is 11.2. The second kappa shape index (κ2) is 6.15. The van der Waals surface area contributed by atoms with Gasteiger partial charge in [0.1, 0.15) is 5.02 Å². The fourth-order valence-electron chi connectivity index (χ4n) is 3.67. The highest BCUT2D eigenvalue weighted by Gasteiger charge is 2.40. The lowest BCUT2D eigenvalue weighted by molar-refractivity contribution is -0.384. The molecule has 6 heteroatoms. The number of aryl methyl sites for hydroxylation is 1. The zero-order valence-corrected chi connectivity index (χ0v) is 14.3. The van der Waals surface area contributed by atoms with E-state index in [2.05, 4.69) is 12.1 Å². The molecule has 0 aliphatic heterocycles. The molecule has 2 aromatic rings. The van der Waals surface area contributed by atoms with Crippen molar-refractivity contribution in [2.24, 2.45) is 0 Å². The van der Waals surface area contributed by atoms with Crippen LogP contribution in [0.15, 0.2) is 42.5 Å². The van der Waals surface area contributed by atoms with Gasteiger partial charge >= 0.3 is 0 Å². The minimum atomic E-state index is -0.550. The van der Waals surface area contributed by atoms with Gasteiger partial charge in [-0.1, -0.05) is 35.9 Å². The van der Waals surface area contributed by atoms with Crippen molar-refractivity contribution in [1.29, 1.82) is 0 Å². The second-order valence-electron chi connectivity index (χ2n) is 6.62. The van der Waals surface area contributed by atoms with Gasteiger partial charge in [0.25, 0.3) is 11.6 Å². The number of nitro benzene ring substituents is 1. The van der Waals surface area contributed by atoms with Gasteiger partial charge in [0.2, 0.25) is 0 Å². The summed E-state index contributed by atoms with van der Waals surface area (Å²) in [7, 11) is 0. The average Bonchev–Trinajstić information content (AvgIpc) is 3.35. The maximum Gasteiger partial charge on any atom is 0.288 e. The Balaban J connectivity index is 1.70. The Hall–Kier alpha value is -2.40.